The monoisotopic (exact) mass is 532 g/mol. The number of nitrogens with one attached hydrogen (secondary N) is 2. The van der Waals surface area contributed by atoms with Crippen molar-refractivity contribution in [3.63, 3.8) is 0 Å². The molecule has 1 amide bonds. The number of hydrogen-bond acceptors (Lipinski definition) is 6. The van der Waals surface area contributed by atoms with Crippen molar-refractivity contribution in [2.24, 2.45) is 5.92 Å². The molecule has 8 nitrogen and oxygen atoms in total. The van der Waals surface area contributed by atoms with E-state index >= 15 is 0 Å². The largest absolute Gasteiger partial charge is 0.378 e. The lowest BCUT2D eigenvalue weighted by Gasteiger charge is -2.35. The minimum Gasteiger partial charge on any atom is -0.378 e. The van der Waals surface area contributed by atoms with Gasteiger partial charge in [-0.3, -0.25) is 4.79 Å². The van der Waals surface area contributed by atoms with Gasteiger partial charge in [0, 0.05) is 47.1 Å². The summed E-state index contributed by atoms with van der Waals surface area (Å²) in [5, 5.41) is 9.17. The van der Waals surface area contributed by atoms with Crippen molar-refractivity contribution >= 4 is 33.1 Å². The Kier molecular flexibility index (Phi) is 5.69. The first kappa shape index (κ1) is 24.3. The van der Waals surface area contributed by atoms with E-state index in [-0.39, 0.29) is 11.9 Å². The molecule has 1 saturated carbocycles. The number of carbonyl (C=O) groups is 1. The van der Waals surface area contributed by atoms with Crippen molar-refractivity contribution in [1.82, 2.24) is 29.8 Å². The molecule has 0 spiro atoms. The zero-order valence-electron chi connectivity index (χ0n) is 22.8. The molecule has 2 aliphatic heterocycles. The van der Waals surface area contributed by atoms with Crippen LogP contribution in [0.4, 0.5) is 0 Å². The molecular formula is C29H36N6O2S. The predicted molar refractivity (Wildman–Crippen MR) is 150 cm³/mol. The highest BCUT2D eigenvalue weighted by molar-refractivity contribution is 7.19. The molecular weight excluding hydrogens is 496 g/mol. The fourth-order valence-electron chi connectivity index (χ4n) is 7.32. The second-order valence-corrected chi connectivity index (χ2v) is 12.8. The van der Waals surface area contributed by atoms with Gasteiger partial charge in [-0.2, -0.15) is 5.10 Å². The highest BCUT2D eigenvalue weighted by Crippen LogP contribution is 2.53. The number of morpholine rings is 1. The predicted octanol–water partition coefficient (Wildman–Crippen LogP) is 4.68. The highest BCUT2D eigenvalue weighted by Gasteiger charge is 2.49. The van der Waals surface area contributed by atoms with Gasteiger partial charge in [-0.25, -0.2) is 9.50 Å². The van der Waals surface area contributed by atoms with E-state index in [4.69, 9.17) is 4.74 Å². The number of rotatable bonds is 4. The highest BCUT2D eigenvalue weighted by atomic mass is 32.1. The SMILES string of the molecule is Cc1c(-c2[nH]c3sc([C@@H]4C[C@@H]5C[C@H]4CN5C(=O)[C@H]4COCCN4)c(C)c3c2C(C)C)cn2ncnc2c1C. The van der Waals surface area contributed by atoms with Gasteiger partial charge in [0.1, 0.15) is 17.2 Å². The van der Waals surface area contributed by atoms with Crippen LogP contribution in [-0.2, 0) is 9.53 Å². The van der Waals surface area contributed by atoms with E-state index in [2.05, 4.69) is 66.1 Å². The van der Waals surface area contributed by atoms with Crippen LogP contribution in [0.5, 0.6) is 0 Å². The Balaban J connectivity index is 1.23. The molecule has 3 aliphatic rings. The van der Waals surface area contributed by atoms with Gasteiger partial charge >= 0.3 is 0 Å². The number of aryl methyl sites for hydroxylation is 2. The van der Waals surface area contributed by atoms with Gasteiger partial charge < -0.3 is 19.9 Å². The molecule has 6 heterocycles. The summed E-state index contributed by atoms with van der Waals surface area (Å²) in [6, 6.07) is 0.167. The number of nitrogens with zero attached hydrogens (tertiary/aromatic N) is 4. The van der Waals surface area contributed by atoms with Crippen molar-refractivity contribution in [2.45, 2.75) is 71.4 Å². The van der Waals surface area contributed by atoms with E-state index in [1.54, 1.807) is 6.33 Å². The minimum atomic E-state index is -0.181. The maximum absolute atomic E-state index is 13.2. The molecule has 0 aromatic carbocycles. The van der Waals surface area contributed by atoms with Gasteiger partial charge in [-0.15, -0.1) is 11.3 Å². The second-order valence-electron chi connectivity index (χ2n) is 11.7. The third-order valence-corrected chi connectivity index (χ3v) is 10.7. The van der Waals surface area contributed by atoms with Gasteiger partial charge in [0.2, 0.25) is 5.91 Å². The maximum Gasteiger partial charge on any atom is 0.242 e. The van der Waals surface area contributed by atoms with Gasteiger partial charge in [-0.05, 0) is 67.7 Å². The van der Waals surface area contributed by atoms with E-state index in [9.17, 15) is 4.79 Å². The van der Waals surface area contributed by atoms with Gasteiger partial charge in [0.15, 0.2) is 5.65 Å². The molecule has 1 aliphatic carbocycles. The summed E-state index contributed by atoms with van der Waals surface area (Å²) >= 11 is 1.93. The summed E-state index contributed by atoms with van der Waals surface area (Å²) in [7, 11) is 0. The number of fused-ring (bicyclic) bond motifs is 4. The molecule has 4 aromatic heterocycles. The van der Waals surface area contributed by atoms with Crippen LogP contribution in [0.25, 0.3) is 27.1 Å². The average molecular weight is 533 g/mol. The third kappa shape index (κ3) is 3.51. The summed E-state index contributed by atoms with van der Waals surface area (Å²) in [4.78, 5) is 26.4. The summed E-state index contributed by atoms with van der Waals surface area (Å²) in [5.41, 5.74) is 8.55. The lowest BCUT2D eigenvalue weighted by molar-refractivity contribution is -0.138. The number of aromatic amines is 1. The lowest BCUT2D eigenvalue weighted by atomic mass is 9.88. The molecule has 0 radical (unpaired) electrons. The van der Waals surface area contributed by atoms with Crippen LogP contribution >= 0.6 is 11.3 Å². The summed E-state index contributed by atoms with van der Waals surface area (Å²) < 4.78 is 7.45. The number of carbonyl (C=O) groups excluding carboxylic acids is 1. The third-order valence-electron chi connectivity index (χ3n) is 9.32. The molecule has 2 N–H and O–H groups in total. The first-order valence-corrected chi connectivity index (χ1v) is 14.7. The van der Waals surface area contributed by atoms with E-state index in [1.165, 1.54) is 48.6 Å². The van der Waals surface area contributed by atoms with Crippen LogP contribution in [-0.4, -0.2) is 68.8 Å². The van der Waals surface area contributed by atoms with E-state index in [0.717, 1.165) is 31.6 Å². The van der Waals surface area contributed by atoms with Crippen molar-refractivity contribution in [2.75, 3.05) is 26.3 Å². The maximum atomic E-state index is 13.2. The Labute approximate surface area is 226 Å². The van der Waals surface area contributed by atoms with Crippen molar-refractivity contribution < 1.29 is 9.53 Å². The smallest absolute Gasteiger partial charge is 0.242 e. The first-order chi connectivity index (χ1) is 18.3. The topological polar surface area (TPSA) is 87.5 Å². The molecule has 9 heteroatoms. The number of H-pyrrole nitrogens is 1. The number of amides is 1. The van der Waals surface area contributed by atoms with E-state index < -0.39 is 0 Å². The van der Waals surface area contributed by atoms with Crippen LogP contribution in [0.2, 0.25) is 0 Å². The number of aromatic nitrogens is 4. The normalized spacial score (nSPS) is 25.5. The van der Waals surface area contributed by atoms with E-state index in [1.807, 2.05) is 15.9 Å². The lowest BCUT2D eigenvalue weighted by Crippen LogP contribution is -2.54. The molecule has 200 valence electrons. The molecule has 7 rings (SSSR count). The Morgan fingerprint density at radius 3 is 2.74 bits per heavy atom. The average Bonchev–Trinajstić information content (AvgIpc) is 3.73. The molecule has 0 unspecified atom stereocenters. The number of hydrogen-bond donors (Lipinski definition) is 2. The Hall–Kier alpha value is -2.75. The first-order valence-electron chi connectivity index (χ1n) is 13.9. The van der Waals surface area contributed by atoms with Gasteiger partial charge in [0.05, 0.1) is 18.9 Å². The summed E-state index contributed by atoms with van der Waals surface area (Å²) in [5.74, 6) is 1.68. The Morgan fingerprint density at radius 2 is 2.03 bits per heavy atom. The molecule has 38 heavy (non-hydrogen) atoms. The molecule has 3 fully saturated rings. The molecule has 4 aromatic rings. The van der Waals surface area contributed by atoms with Gasteiger partial charge in [-0.1, -0.05) is 13.8 Å². The number of ether oxygens (including phenoxy) is 1. The van der Waals surface area contributed by atoms with Gasteiger partial charge in [0.25, 0.3) is 0 Å². The van der Waals surface area contributed by atoms with Crippen LogP contribution < -0.4 is 5.32 Å². The number of piperidine rings is 1. The fourth-order valence-corrected chi connectivity index (χ4v) is 8.75. The minimum absolute atomic E-state index is 0.181. The standard InChI is InChI=1S/C29H36N6O2S/c1-14(2)23-24-17(5)26(20-9-19-8-18(20)10-34(19)29(36)22-12-37-7-6-30-22)38-28(24)33-25(23)21-11-35-27(31-13-32-35)16(4)15(21)3/h11,13-14,18-20,22,30,33H,6-10,12H2,1-5H3/t18-,19-,20+,22+/m0/s1. The Bertz CT molecular complexity index is 1560. The fraction of sp³-hybridized carbons (Fsp3) is 0.552. The van der Waals surface area contributed by atoms with Crippen LogP contribution in [0.3, 0.4) is 0 Å². The van der Waals surface area contributed by atoms with Crippen LogP contribution in [0.1, 0.15) is 65.7 Å². The van der Waals surface area contributed by atoms with Crippen molar-refractivity contribution in [1.29, 1.82) is 0 Å². The number of likely N-dealkylation sites (tertiary alicyclic amines) is 1. The molecule has 2 bridgehead atoms. The molecule has 2 saturated heterocycles. The van der Waals surface area contributed by atoms with Crippen LogP contribution in [0, 0.1) is 26.7 Å². The van der Waals surface area contributed by atoms with Crippen molar-refractivity contribution in [3.05, 3.63) is 39.7 Å². The number of thiophene rings is 1. The second kappa shape index (κ2) is 8.89. The van der Waals surface area contributed by atoms with Crippen molar-refractivity contribution in [3.8, 4) is 11.3 Å². The molecule has 4 atom stereocenters. The Morgan fingerprint density at radius 1 is 1.18 bits per heavy atom. The zero-order chi connectivity index (χ0) is 26.3. The zero-order valence-corrected chi connectivity index (χ0v) is 23.6. The summed E-state index contributed by atoms with van der Waals surface area (Å²) in [6.45, 7) is 14.0. The van der Waals surface area contributed by atoms with Crippen LogP contribution in [0.15, 0.2) is 12.5 Å². The quantitative estimate of drug-likeness (QED) is 0.399. The summed E-state index contributed by atoms with van der Waals surface area (Å²) in [6.07, 6.45) is 5.94. The van der Waals surface area contributed by atoms with E-state index in [0.29, 0.717) is 37.0 Å². The number of pyridine rings is 1.